The van der Waals surface area contributed by atoms with Crippen LogP contribution in [-0.2, 0) is 22.6 Å². The van der Waals surface area contributed by atoms with E-state index in [0.29, 0.717) is 43.5 Å². The summed E-state index contributed by atoms with van der Waals surface area (Å²) in [5.74, 6) is 1.14. The molecule has 1 aromatic heterocycles. The van der Waals surface area contributed by atoms with Gasteiger partial charge < -0.3 is 33.5 Å². The molecular weight excluding hydrogens is 519 g/mol. The second-order valence-corrected chi connectivity index (χ2v) is 9.91. The fourth-order valence-electron chi connectivity index (χ4n) is 4.68. The molecule has 0 radical (unpaired) electrons. The van der Waals surface area contributed by atoms with E-state index in [2.05, 4.69) is 9.88 Å². The molecule has 216 valence electrons. The summed E-state index contributed by atoms with van der Waals surface area (Å²) < 4.78 is 37.7. The van der Waals surface area contributed by atoms with Gasteiger partial charge in [0, 0.05) is 52.2 Å². The molecule has 1 fully saturated rings. The number of nitrogens with zero attached hydrogens (tertiary/aromatic N) is 4. The first-order chi connectivity index (χ1) is 19.4. The van der Waals surface area contributed by atoms with Gasteiger partial charge in [-0.25, -0.2) is 9.37 Å². The first kappa shape index (κ1) is 29.3. The van der Waals surface area contributed by atoms with Gasteiger partial charge in [-0.15, -0.1) is 0 Å². The minimum Gasteiger partial charge on any atom is -0.493 e. The van der Waals surface area contributed by atoms with Crippen LogP contribution in [-0.4, -0.2) is 96.2 Å². The van der Waals surface area contributed by atoms with E-state index in [0.717, 1.165) is 18.5 Å². The van der Waals surface area contributed by atoms with Crippen molar-refractivity contribution in [1.82, 2.24) is 19.4 Å². The fourth-order valence-corrected chi connectivity index (χ4v) is 4.68. The number of β-amino-alcohol motifs (C(OH)–C–C–N with tert-alkyl or cyclic N) is 1. The molecule has 1 saturated heterocycles. The lowest BCUT2D eigenvalue weighted by Gasteiger charge is -2.33. The zero-order chi connectivity index (χ0) is 28.4. The molecule has 0 bridgehead atoms. The molecule has 1 N–H and O–H groups in total. The minimum atomic E-state index is -1.37. The van der Waals surface area contributed by atoms with Crippen LogP contribution in [0.5, 0.6) is 17.2 Å². The Balaban J connectivity index is 1.43. The molecule has 1 aliphatic rings. The number of rotatable bonds is 13. The van der Waals surface area contributed by atoms with Gasteiger partial charge in [0.25, 0.3) is 0 Å². The van der Waals surface area contributed by atoms with Gasteiger partial charge in [0.05, 0.1) is 26.6 Å². The first-order valence-electron chi connectivity index (χ1n) is 13.2. The van der Waals surface area contributed by atoms with E-state index in [1.54, 1.807) is 24.5 Å². The molecule has 0 saturated carbocycles. The second kappa shape index (κ2) is 14.1. The number of benzene rings is 2. The van der Waals surface area contributed by atoms with E-state index < -0.39 is 5.60 Å². The molecule has 4 rings (SSSR count). The highest BCUT2D eigenvalue weighted by Crippen LogP contribution is 2.29. The van der Waals surface area contributed by atoms with Crippen molar-refractivity contribution >= 4 is 5.91 Å². The summed E-state index contributed by atoms with van der Waals surface area (Å²) in [6, 6.07) is 11.4. The highest BCUT2D eigenvalue weighted by Gasteiger charge is 2.37. The predicted molar refractivity (Wildman–Crippen MR) is 146 cm³/mol. The zero-order valence-corrected chi connectivity index (χ0v) is 23.0. The number of halogens is 1. The van der Waals surface area contributed by atoms with Gasteiger partial charge in [-0.2, -0.15) is 0 Å². The largest absolute Gasteiger partial charge is 0.493 e. The van der Waals surface area contributed by atoms with Crippen LogP contribution in [0.2, 0.25) is 0 Å². The monoisotopic (exact) mass is 556 g/mol. The summed E-state index contributed by atoms with van der Waals surface area (Å²) in [6.45, 7) is 3.00. The number of ether oxygens (including phenoxy) is 4. The maximum atomic E-state index is 13.3. The SMILES string of the molecule is COCC(=O)N1CCN(Cc2ccc(OC)c(OCCCn3ccnc3)c2)C[C@](O)(COc2ccc(F)cc2)C1. The van der Waals surface area contributed by atoms with Crippen molar-refractivity contribution in [2.75, 3.05) is 60.2 Å². The lowest BCUT2D eigenvalue weighted by molar-refractivity contribution is -0.138. The maximum Gasteiger partial charge on any atom is 0.248 e. The van der Waals surface area contributed by atoms with Crippen molar-refractivity contribution in [3.63, 3.8) is 0 Å². The van der Waals surface area contributed by atoms with E-state index in [-0.39, 0.29) is 38.0 Å². The Morgan fingerprint density at radius 1 is 1.07 bits per heavy atom. The number of aryl methyl sites for hydroxylation is 1. The Morgan fingerprint density at radius 3 is 2.62 bits per heavy atom. The number of methoxy groups -OCH3 is 2. The van der Waals surface area contributed by atoms with Crippen LogP contribution in [0.4, 0.5) is 4.39 Å². The standard InChI is InChI=1S/C29H37FN4O6/c1-37-18-28(35)34-14-13-33(19-29(36,20-34)21-40-25-7-5-24(30)6-8-25)17-23-4-9-26(38-2)27(16-23)39-15-3-11-32-12-10-31-22-32/h4-10,12,16,22,36H,3,11,13-15,17-21H2,1-2H3/t29-/m1/s1. The molecule has 2 aromatic carbocycles. The first-order valence-corrected chi connectivity index (χ1v) is 13.2. The van der Waals surface area contributed by atoms with Crippen LogP contribution < -0.4 is 14.2 Å². The summed E-state index contributed by atoms with van der Waals surface area (Å²) in [4.78, 5) is 20.4. The summed E-state index contributed by atoms with van der Waals surface area (Å²) in [5.41, 5.74) is -0.392. The van der Waals surface area contributed by atoms with Gasteiger partial charge in [-0.1, -0.05) is 6.07 Å². The average molecular weight is 557 g/mol. The molecule has 0 unspecified atom stereocenters. The Bertz CT molecular complexity index is 1210. The van der Waals surface area contributed by atoms with E-state index in [1.807, 2.05) is 29.0 Å². The third kappa shape index (κ3) is 8.41. The molecule has 3 aromatic rings. The number of imidazole rings is 1. The van der Waals surface area contributed by atoms with Gasteiger partial charge in [-0.05, 0) is 48.4 Å². The third-order valence-corrected chi connectivity index (χ3v) is 6.64. The third-order valence-electron chi connectivity index (χ3n) is 6.64. The van der Waals surface area contributed by atoms with E-state index in [9.17, 15) is 14.3 Å². The van der Waals surface area contributed by atoms with Gasteiger partial charge in [-0.3, -0.25) is 9.69 Å². The molecule has 0 aliphatic carbocycles. The van der Waals surface area contributed by atoms with Crippen molar-refractivity contribution in [2.45, 2.75) is 25.1 Å². The van der Waals surface area contributed by atoms with E-state index in [4.69, 9.17) is 18.9 Å². The van der Waals surface area contributed by atoms with Crippen LogP contribution in [0.15, 0.2) is 61.2 Å². The second-order valence-electron chi connectivity index (χ2n) is 9.91. The number of amides is 1. The lowest BCUT2D eigenvalue weighted by Crippen LogP contribution is -2.52. The normalized spacial score (nSPS) is 17.9. The highest BCUT2D eigenvalue weighted by molar-refractivity contribution is 5.77. The Hall–Kier alpha value is -3.67. The summed E-state index contributed by atoms with van der Waals surface area (Å²) in [7, 11) is 3.07. The lowest BCUT2D eigenvalue weighted by atomic mass is 10.0. The molecule has 11 heteroatoms. The summed E-state index contributed by atoms with van der Waals surface area (Å²) in [5, 5.41) is 11.6. The summed E-state index contributed by atoms with van der Waals surface area (Å²) >= 11 is 0. The van der Waals surface area contributed by atoms with Gasteiger partial charge in [0.15, 0.2) is 11.5 Å². The van der Waals surface area contributed by atoms with Crippen LogP contribution in [0.3, 0.4) is 0 Å². The minimum absolute atomic E-state index is 0.0697. The van der Waals surface area contributed by atoms with E-state index in [1.165, 1.54) is 31.4 Å². The molecule has 1 amide bonds. The number of hydrogen-bond donors (Lipinski definition) is 1. The highest BCUT2D eigenvalue weighted by atomic mass is 19.1. The topological polar surface area (TPSA) is 98.5 Å². The van der Waals surface area contributed by atoms with E-state index >= 15 is 0 Å². The Morgan fingerprint density at radius 2 is 1.90 bits per heavy atom. The van der Waals surface area contributed by atoms with Crippen LogP contribution in [0, 0.1) is 5.82 Å². The number of carbonyl (C=O) groups excluding carboxylic acids is 1. The molecule has 0 spiro atoms. The Kier molecular flexibility index (Phi) is 10.3. The zero-order valence-electron chi connectivity index (χ0n) is 23.0. The van der Waals surface area contributed by atoms with Crippen molar-refractivity contribution in [3.8, 4) is 17.2 Å². The van der Waals surface area contributed by atoms with Crippen molar-refractivity contribution in [2.24, 2.45) is 0 Å². The molecule has 2 heterocycles. The fraction of sp³-hybridized carbons (Fsp3) is 0.448. The van der Waals surface area contributed by atoms with Crippen molar-refractivity contribution in [1.29, 1.82) is 0 Å². The number of aliphatic hydroxyl groups is 1. The number of hydrogen-bond acceptors (Lipinski definition) is 8. The number of aromatic nitrogens is 2. The molecular formula is C29H37FN4O6. The summed E-state index contributed by atoms with van der Waals surface area (Å²) in [6.07, 6.45) is 6.25. The van der Waals surface area contributed by atoms with Crippen LogP contribution >= 0.6 is 0 Å². The van der Waals surface area contributed by atoms with Gasteiger partial charge in [0.1, 0.15) is 30.4 Å². The van der Waals surface area contributed by atoms with Crippen molar-refractivity contribution < 1.29 is 33.2 Å². The van der Waals surface area contributed by atoms with Gasteiger partial charge in [0.2, 0.25) is 5.91 Å². The molecule has 1 aliphatic heterocycles. The van der Waals surface area contributed by atoms with Crippen LogP contribution in [0.1, 0.15) is 12.0 Å². The molecule has 10 nitrogen and oxygen atoms in total. The maximum absolute atomic E-state index is 13.3. The van der Waals surface area contributed by atoms with Gasteiger partial charge >= 0.3 is 0 Å². The smallest absolute Gasteiger partial charge is 0.248 e. The molecule has 1 atom stereocenters. The molecule has 40 heavy (non-hydrogen) atoms. The quantitative estimate of drug-likeness (QED) is 0.321. The van der Waals surface area contributed by atoms with Crippen molar-refractivity contribution in [3.05, 3.63) is 72.6 Å². The Labute approximate surface area is 233 Å². The number of carbonyl (C=O) groups is 1. The van der Waals surface area contributed by atoms with Crippen LogP contribution in [0.25, 0.3) is 0 Å². The average Bonchev–Trinajstić information content (AvgIpc) is 3.41. The predicted octanol–water partition coefficient (Wildman–Crippen LogP) is 2.60.